The van der Waals surface area contributed by atoms with E-state index in [-0.39, 0.29) is 0 Å². The van der Waals surface area contributed by atoms with Gasteiger partial charge in [0.2, 0.25) is 0 Å². The van der Waals surface area contributed by atoms with Gasteiger partial charge in [0.25, 0.3) is 0 Å². The summed E-state index contributed by atoms with van der Waals surface area (Å²) < 4.78 is 0. The fraction of sp³-hybridized carbons (Fsp3) is 0.950. The number of hydrogen-bond donors (Lipinski definition) is 0. The first kappa shape index (κ1) is 20.7. The van der Waals surface area contributed by atoms with Crippen molar-refractivity contribution in [2.24, 2.45) is 5.92 Å². The van der Waals surface area contributed by atoms with Crippen LogP contribution in [0.1, 0.15) is 117 Å². The molecule has 0 saturated heterocycles. The Kier molecular flexibility index (Phi) is 15.8. The molecule has 0 rings (SSSR count). The molecule has 21 heavy (non-hydrogen) atoms. The molecule has 0 atom stereocenters. The van der Waals surface area contributed by atoms with Crippen molar-refractivity contribution < 1.29 is 4.79 Å². The summed E-state index contributed by atoms with van der Waals surface area (Å²) in [6, 6.07) is 0. The van der Waals surface area contributed by atoms with Gasteiger partial charge in [0, 0.05) is 12.3 Å². The minimum atomic E-state index is 0.360. The van der Waals surface area contributed by atoms with E-state index in [2.05, 4.69) is 20.8 Å². The maximum absolute atomic E-state index is 12.2. The highest BCUT2D eigenvalue weighted by atomic mass is 16.1. The molecule has 0 aromatic rings. The van der Waals surface area contributed by atoms with Crippen LogP contribution in [0.15, 0.2) is 0 Å². The molecular weight excluding hydrogens is 256 g/mol. The van der Waals surface area contributed by atoms with Gasteiger partial charge in [-0.1, -0.05) is 91.4 Å². The fourth-order valence-electron chi connectivity index (χ4n) is 3.15. The Morgan fingerprint density at radius 2 is 1.05 bits per heavy atom. The number of rotatable bonds is 16. The van der Waals surface area contributed by atoms with Gasteiger partial charge in [-0.3, -0.25) is 4.79 Å². The molecule has 0 aliphatic rings. The van der Waals surface area contributed by atoms with Gasteiger partial charge >= 0.3 is 0 Å². The standard InChI is InChI=1S/C20H40O/c1-4-7-8-9-10-11-12-13-14-15-18-20(21)19(16-5-2)17-6-3/h19H,4-18H2,1-3H3. The summed E-state index contributed by atoms with van der Waals surface area (Å²) in [6.45, 7) is 6.65. The summed E-state index contributed by atoms with van der Waals surface area (Å²) >= 11 is 0. The summed E-state index contributed by atoms with van der Waals surface area (Å²) in [5, 5.41) is 0. The van der Waals surface area contributed by atoms with Gasteiger partial charge < -0.3 is 0 Å². The predicted molar refractivity (Wildman–Crippen MR) is 94.8 cm³/mol. The van der Waals surface area contributed by atoms with E-state index in [0.717, 1.165) is 38.5 Å². The van der Waals surface area contributed by atoms with Crippen LogP contribution in [0.4, 0.5) is 0 Å². The highest BCUT2D eigenvalue weighted by Crippen LogP contribution is 2.18. The third kappa shape index (κ3) is 13.1. The number of Topliss-reactive ketones (excluding diaryl/α,β-unsaturated/α-hetero) is 1. The van der Waals surface area contributed by atoms with Gasteiger partial charge in [-0.15, -0.1) is 0 Å². The first-order valence-corrected chi connectivity index (χ1v) is 9.78. The van der Waals surface area contributed by atoms with Crippen molar-refractivity contribution in [2.45, 2.75) is 117 Å². The van der Waals surface area contributed by atoms with E-state index in [1.165, 1.54) is 57.8 Å². The monoisotopic (exact) mass is 296 g/mol. The molecule has 0 aliphatic carbocycles. The molecule has 0 aromatic carbocycles. The zero-order valence-electron chi connectivity index (χ0n) is 15.1. The third-order valence-electron chi connectivity index (χ3n) is 4.51. The average Bonchev–Trinajstić information content (AvgIpc) is 2.48. The summed E-state index contributed by atoms with van der Waals surface area (Å²) in [4.78, 5) is 12.2. The molecule has 0 spiro atoms. The Morgan fingerprint density at radius 1 is 0.619 bits per heavy atom. The Balaban J connectivity index is 3.42. The van der Waals surface area contributed by atoms with Gasteiger partial charge in [0.1, 0.15) is 5.78 Å². The maximum atomic E-state index is 12.2. The van der Waals surface area contributed by atoms with Crippen LogP contribution in [0, 0.1) is 5.92 Å². The largest absolute Gasteiger partial charge is 0.299 e. The van der Waals surface area contributed by atoms with Crippen molar-refractivity contribution in [3.63, 3.8) is 0 Å². The lowest BCUT2D eigenvalue weighted by Crippen LogP contribution is -2.14. The summed E-state index contributed by atoms with van der Waals surface area (Å²) in [5.74, 6) is 0.900. The van der Waals surface area contributed by atoms with E-state index in [0.29, 0.717) is 11.7 Å². The van der Waals surface area contributed by atoms with Gasteiger partial charge in [-0.25, -0.2) is 0 Å². The van der Waals surface area contributed by atoms with Crippen molar-refractivity contribution in [2.75, 3.05) is 0 Å². The number of ketones is 1. The van der Waals surface area contributed by atoms with Gasteiger partial charge in [0.05, 0.1) is 0 Å². The lowest BCUT2D eigenvalue weighted by atomic mass is 9.91. The second-order valence-electron chi connectivity index (χ2n) is 6.67. The SMILES string of the molecule is CCCCCCCCCCCCC(=O)C(CCC)CCC. The Bertz CT molecular complexity index is 216. The molecule has 0 saturated carbocycles. The van der Waals surface area contributed by atoms with Crippen LogP contribution >= 0.6 is 0 Å². The van der Waals surface area contributed by atoms with Gasteiger partial charge in [-0.05, 0) is 19.3 Å². The van der Waals surface area contributed by atoms with Crippen LogP contribution in [-0.2, 0) is 4.79 Å². The van der Waals surface area contributed by atoms with E-state index in [9.17, 15) is 4.79 Å². The molecule has 0 heterocycles. The first-order chi connectivity index (χ1) is 10.3. The van der Waals surface area contributed by atoms with Gasteiger partial charge in [0.15, 0.2) is 0 Å². The first-order valence-electron chi connectivity index (χ1n) is 9.78. The molecule has 0 aliphatic heterocycles. The van der Waals surface area contributed by atoms with Crippen molar-refractivity contribution in [1.29, 1.82) is 0 Å². The zero-order valence-corrected chi connectivity index (χ0v) is 15.1. The summed E-state index contributed by atoms with van der Waals surface area (Å²) in [7, 11) is 0. The molecule has 0 amide bonds. The normalized spacial score (nSPS) is 11.2. The molecule has 1 heteroatoms. The predicted octanol–water partition coefficient (Wildman–Crippen LogP) is 7.08. The van der Waals surface area contributed by atoms with Crippen LogP contribution in [0.2, 0.25) is 0 Å². The lowest BCUT2D eigenvalue weighted by molar-refractivity contribution is -0.123. The molecule has 1 nitrogen and oxygen atoms in total. The van der Waals surface area contributed by atoms with E-state index in [4.69, 9.17) is 0 Å². The van der Waals surface area contributed by atoms with E-state index < -0.39 is 0 Å². The average molecular weight is 297 g/mol. The van der Waals surface area contributed by atoms with Crippen molar-refractivity contribution >= 4 is 5.78 Å². The zero-order chi connectivity index (χ0) is 15.8. The Morgan fingerprint density at radius 3 is 1.48 bits per heavy atom. The van der Waals surface area contributed by atoms with E-state index in [1.807, 2.05) is 0 Å². The van der Waals surface area contributed by atoms with Gasteiger partial charge in [-0.2, -0.15) is 0 Å². The molecule has 126 valence electrons. The molecule has 0 radical (unpaired) electrons. The van der Waals surface area contributed by atoms with Crippen molar-refractivity contribution in [3.8, 4) is 0 Å². The Labute approximate surface area is 134 Å². The smallest absolute Gasteiger partial charge is 0.135 e. The summed E-state index contributed by atoms with van der Waals surface area (Å²) in [5.41, 5.74) is 0. The van der Waals surface area contributed by atoms with Crippen LogP contribution in [0.3, 0.4) is 0 Å². The van der Waals surface area contributed by atoms with E-state index in [1.54, 1.807) is 0 Å². The lowest BCUT2D eigenvalue weighted by Gasteiger charge is -2.13. The highest BCUT2D eigenvalue weighted by molar-refractivity contribution is 5.80. The molecule has 0 aromatic heterocycles. The molecule has 0 unspecified atom stereocenters. The van der Waals surface area contributed by atoms with Crippen LogP contribution in [-0.4, -0.2) is 5.78 Å². The maximum Gasteiger partial charge on any atom is 0.135 e. The van der Waals surface area contributed by atoms with Crippen LogP contribution in [0.25, 0.3) is 0 Å². The van der Waals surface area contributed by atoms with E-state index >= 15 is 0 Å². The fourth-order valence-corrected chi connectivity index (χ4v) is 3.15. The third-order valence-corrected chi connectivity index (χ3v) is 4.51. The topological polar surface area (TPSA) is 17.1 Å². The molecule has 0 bridgehead atoms. The Hall–Kier alpha value is -0.330. The second kappa shape index (κ2) is 16.0. The minimum Gasteiger partial charge on any atom is -0.299 e. The number of carbonyl (C=O) groups is 1. The molecular formula is C20H40O. The molecule has 0 N–H and O–H groups in total. The number of unbranched alkanes of at least 4 members (excludes halogenated alkanes) is 9. The minimum absolute atomic E-state index is 0.360. The number of hydrogen-bond acceptors (Lipinski definition) is 1. The van der Waals surface area contributed by atoms with Crippen molar-refractivity contribution in [3.05, 3.63) is 0 Å². The van der Waals surface area contributed by atoms with Crippen molar-refractivity contribution in [1.82, 2.24) is 0 Å². The highest BCUT2D eigenvalue weighted by Gasteiger charge is 2.15. The number of carbonyl (C=O) groups excluding carboxylic acids is 1. The second-order valence-corrected chi connectivity index (χ2v) is 6.67. The summed E-state index contributed by atoms with van der Waals surface area (Å²) in [6.07, 6.45) is 18.8. The van der Waals surface area contributed by atoms with Crippen LogP contribution in [0.5, 0.6) is 0 Å². The van der Waals surface area contributed by atoms with Crippen LogP contribution < -0.4 is 0 Å². The molecule has 0 fully saturated rings. The quantitative estimate of drug-likeness (QED) is 0.278.